The maximum atomic E-state index is 12.8. The van der Waals surface area contributed by atoms with Gasteiger partial charge in [0, 0.05) is 31.0 Å². The zero-order valence-electron chi connectivity index (χ0n) is 13.9. The van der Waals surface area contributed by atoms with Crippen molar-refractivity contribution in [3.05, 3.63) is 60.4 Å². The molecule has 1 atom stereocenters. The SMILES string of the molecule is C[C@H]1CCCN(C(=O)c2ccc3nc(-c4ccccc4)cn3c2)C1. The van der Waals surface area contributed by atoms with Gasteiger partial charge in [-0.2, -0.15) is 0 Å². The van der Waals surface area contributed by atoms with Gasteiger partial charge >= 0.3 is 0 Å². The average Bonchev–Trinajstić information content (AvgIpc) is 3.05. The van der Waals surface area contributed by atoms with Crippen LogP contribution in [0.15, 0.2) is 54.9 Å². The number of piperidine rings is 1. The van der Waals surface area contributed by atoms with Crippen LogP contribution in [0.1, 0.15) is 30.1 Å². The summed E-state index contributed by atoms with van der Waals surface area (Å²) in [4.78, 5) is 19.4. The Bertz CT molecular complexity index is 869. The van der Waals surface area contributed by atoms with Crippen LogP contribution in [-0.4, -0.2) is 33.3 Å². The van der Waals surface area contributed by atoms with Crippen LogP contribution in [0.25, 0.3) is 16.9 Å². The van der Waals surface area contributed by atoms with E-state index in [-0.39, 0.29) is 5.91 Å². The number of amides is 1. The lowest BCUT2D eigenvalue weighted by molar-refractivity contribution is 0.0682. The molecule has 1 amide bonds. The fourth-order valence-corrected chi connectivity index (χ4v) is 3.42. The standard InChI is InChI=1S/C20H21N3O/c1-15-6-5-11-22(12-15)20(24)17-9-10-19-21-18(14-23(19)13-17)16-7-3-2-4-8-16/h2-4,7-10,13-15H,5-6,11-12H2,1H3/t15-/m0/s1. The maximum absolute atomic E-state index is 12.8. The van der Waals surface area contributed by atoms with Crippen LogP contribution >= 0.6 is 0 Å². The van der Waals surface area contributed by atoms with E-state index in [0.29, 0.717) is 5.92 Å². The van der Waals surface area contributed by atoms with Crippen molar-refractivity contribution in [3.8, 4) is 11.3 Å². The molecular weight excluding hydrogens is 298 g/mol. The Morgan fingerprint density at radius 3 is 2.75 bits per heavy atom. The lowest BCUT2D eigenvalue weighted by Gasteiger charge is -2.31. The molecule has 4 heteroatoms. The third-order valence-corrected chi connectivity index (χ3v) is 4.71. The number of nitrogens with zero attached hydrogens (tertiary/aromatic N) is 3. The average molecular weight is 319 g/mol. The van der Waals surface area contributed by atoms with E-state index in [1.807, 2.05) is 64.2 Å². The summed E-state index contributed by atoms with van der Waals surface area (Å²) in [7, 11) is 0. The van der Waals surface area contributed by atoms with Crippen molar-refractivity contribution in [2.45, 2.75) is 19.8 Å². The van der Waals surface area contributed by atoms with Crippen LogP contribution in [0.5, 0.6) is 0 Å². The van der Waals surface area contributed by atoms with Gasteiger partial charge in [0.2, 0.25) is 0 Å². The molecule has 4 nitrogen and oxygen atoms in total. The van der Waals surface area contributed by atoms with Crippen molar-refractivity contribution in [3.63, 3.8) is 0 Å². The molecule has 0 saturated carbocycles. The molecule has 0 radical (unpaired) electrons. The fraction of sp³-hybridized carbons (Fsp3) is 0.300. The van der Waals surface area contributed by atoms with E-state index < -0.39 is 0 Å². The summed E-state index contributed by atoms with van der Waals surface area (Å²) in [5.74, 6) is 0.711. The molecule has 0 spiro atoms. The Morgan fingerprint density at radius 2 is 1.96 bits per heavy atom. The van der Waals surface area contributed by atoms with Crippen LogP contribution in [0.4, 0.5) is 0 Å². The second kappa shape index (κ2) is 6.11. The number of fused-ring (bicyclic) bond motifs is 1. The van der Waals surface area contributed by atoms with E-state index in [0.717, 1.165) is 42.0 Å². The van der Waals surface area contributed by atoms with Gasteiger partial charge in [-0.3, -0.25) is 4.79 Å². The van der Waals surface area contributed by atoms with E-state index in [2.05, 4.69) is 11.9 Å². The first-order valence-electron chi connectivity index (χ1n) is 8.54. The molecule has 2 aromatic heterocycles. The number of likely N-dealkylation sites (tertiary alicyclic amines) is 1. The summed E-state index contributed by atoms with van der Waals surface area (Å²) in [6.45, 7) is 3.93. The highest BCUT2D eigenvalue weighted by molar-refractivity contribution is 5.94. The van der Waals surface area contributed by atoms with Gasteiger partial charge in [-0.1, -0.05) is 37.3 Å². The third-order valence-electron chi connectivity index (χ3n) is 4.71. The van der Waals surface area contributed by atoms with E-state index in [1.165, 1.54) is 6.42 Å². The summed E-state index contributed by atoms with van der Waals surface area (Å²) in [5.41, 5.74) is 3.59. The summed E-state index contributed by atoms with van der Waals surface area (Å²) in [6, 6.07) is 13.9. The molecule has 122 valence electrons. The number of hydrogen-bond donors (Lipinski definition) is 0. The highest BCUT2D eigenvalue weighted by atomic mass is 16.2. The number of rotatable bonds is 2. The van der Waals surface area contributed by atoms with Crippen molar-refractivity contribution in [2.24, 2.45) is 5.92 Å². The van der Waals surface area contributed by atoms with Gasteiger partial charge in [-0.05, 0) is 30.9 Å². The highest BCUT2D eigenvalue weighted by Gasteiger charge is 2.22. The first-order chi connectivity index (χ1) is 11.7. The molecule has 1 aliphatic rings. The largest absolute Gasteiger partial charge is 0.338 e. The van der Waals surface area contributed by atoms with E-state index in [9.17, 15) is 4.79 Å². The molecule has 3 heterocycles. The van der Waals surface area contributed by atoms with E-state index >= 15 is 0 Å². The summed E-state index contributed by atoms with van der Waals surface area (Å²) in [5, 5.41) is 0. The predicted octanol–water partition coefficient (Wildman–Crippen LogP) is 3.87. The number of carbonyl (C=O) groups excluding carboxylic acids is 1. The summed E-state index contributed by atoms with van der Waals surface area (Å²) in [6.07, 6.45) is 6.19. The van der Waals surface area contributed by atoms with Crippen LogP contribution in [-0.2, 0) is 0 Å². The molecule has 1 fully saturated rings. The Hall–Kier alpha value is -2.62. The highest BCUT2D eigenvalue weighted by Crippen LogP contribution is 2.21. The lowest BCUT2D eigenvalue weighted by Crippen LogP contribution is -2.39. The van der Waals surface area contributed by atoms with Crippen LogP contribution in [0.2, 0.25) is 0 Å². The van der Waals surface area contributed by atoms with Gasteiger partial charge in [-0.15, -0.1) is 0 Å². The fourth-order valence-electron chi connectivity index (χ4n) is 3.42. The minimum absolute atomic E-state index is 0.124. The summed E-state index contributed by atoms with van der Waals surface area (Å²) >= 11 is 0. The Kier molecular flexibility index (Phi) is 3.81. The van der Waals surface area contributed by atoms with Gasteiger partial charge in [0.25, 0.3) is 5.91 Å². The molecule has 3 aromatic rings. The Morgan fingerprint density at radius 1 is 1.12 bits per heavy atom. The molecule has 0 bridgehead atoms. The number of benzene rings is 1. The van der Waals surface area contributed by atoms with Crippen molar-refractivity contribution in [2.75, 3.05) is 13.1 Å². The maximum Gasteiger partial charge on any atom is 0.255 e. The number of hydrogen-bond acceptors (Lipinski definition) is 2. The first-order valence-corrected chi connectivity index (χ1v) is 8.54. The van der Waals surface area contributed by atoms with Gasteiger partial charge in [-0.25, -0.2) is 4.98 Å². The monoisotopic (exact) mass is 319 g/mol. The number of imidazole rings is 1. The minimum atomic E-state index is 0.124. The second-order valence-corrected chi connectivity index (χ2v) is 6.67. The molecule has 24 heavy (non-hydrogen) atoms. The van der Waals surface area contributed by atoms with Crippen LogP contribution in [0, 0.1) is 5.92 Å². The normalized spacial score (nSPS) is 18.0. The minimum Gasteiger partial charge on any atom is -0.338 e. The molecule has 1 aromatic carbocycles. The van der Waals surface area contributed by atoms with Crippen molar-refractivity contribution in [1.82, 2.24) is 14.3 Å². The number of pyridine rings is 1. The lowest BCUT2D eigenvalue weighted by atomic mass is 10.00. The van der Waals surface area contributed by atoms with Gasteiger partial charge in [0.1, 0.15) is 5.65 Å². The van der Waals surface area contributed by atoms with Crippen molar-refractivity contribution >= 4 is 11.6 Å². The van der Waals surface area contributed by atoms with Crippen molar-refractivity contribution in [1.29, 1.82) is 0 Å². The number of aromatic nitrogens is 2. The topological polar surface area (TPSA) is 37.6 Å². The van der Waals surface area contributed by atoms with Crippen LogP contribution < -0.4 is 0 Å². The Labute approximate surface area is 141 Å². The van der Waals surface area contributed by atoms with Crippen LogP contribution in [0.3, 0.4) is 0 Å². The molecular formula is C20H21N3O. The quantitative estimate of drug-likeness (QED) is 0.719. The molecule has 0 aliphatic carbocycles. The van der Waals surface area contributed by atoms with Gasteiger partial charge in [0.05, 0.1) is 11.3 Å². The van der Waals surface area contributed by atoms with E-state index in [1.54, 1.807) is 0 Å². The third kappa shape index (κ3) is 2.80. The first kappa shape index (κ1) is 14.9. The molecule has 1 aliphatic heterocycles. The zero-order chi connectivity index (χ0) is 16.5. The zero-order valence-corrected chi connectivity index (χ0v) is 13.9. The molecule has 1 saturated heterocycles. The van der Waals surface area contributed by atoms with Crippen molar-refractivity contribution < 1.29 is 4.79 Å². The summed E-state index contributed by atoms with van der Waals surface area (Å²) < 4.78 is 1.95. The Balaban J connectivity index is 1.64. The number of carbonyl (C=O) groups is 1. The van der Waals surface area contributed by atoms with Gasteiger partial charge in [0.15, 0.2) is 0 Å². The van der Waals surface area contributed by atoms with Gasteiger partial charge < -0.3 is 9.30 Å². The van der Waals surface area contributed by atoms with E-state index in [4.69, 9.17) is 0 Å². The second-order valence-electron chi connectivity index (χ2n) is 6.67. The molecule has 0 N–H and O–H groups in total. The molecule has 0 unspecified atom stereocenters. The predicted molar refractivity (Wildman–Crippen MR) is 94.9 cm³/mol. The smallest absolute Gasteiger partial charge is 0.255 e. The molecule has 4 rings (SSSR count).